The second-order valence-corrected chi connectivity index (χ2v) is 14.7. The molecule has 242 valence electrons. The number of fused-ring (bicyclic) bond motifs is 12. The summed E-state index contributed by atoms with van der Waals surface area (Å²) in [6.45, 7) is 0. The van der Waals surface area contributed by atoms with Crippen molar-refractivity contribution in [3.8, 4) is 22.5 Å². The van der Waals surface area contributed by atoms with Crippen molar-refractivity contribution in [1.29, 1.82) is 0 Å². The SMILES string of the molecule is c1ccc2c(c1)oc1ccc(-n3c4ccccc4c4cc(-c5ccc6c(c5)c5ccccc5n6-c5ccc6sc7cccnc7c6c5)ccc43)cc12. The topological polar surface area (TPSA) is 35.9 Å². The van der Waals surface area contributed by atoms with Crippen molar-refractivity contribution in [1.82, 2.24) is 14.1 Å². The average molecular weight is 682 g/mol. The third kappa shape index (κ3) is 3.88. The van der Waals surface area contributed by atoms with Crippen LogP contribution in [0.2, 0.25) is 0 Å². The van der Waals surface area contributed by atoms with Crippen LogP contribution < -0.4 is 0 Å². The average Bonchev–Trinajstić information content (AvgIpc) is 3.94. The first-order valence-corrected chi connectivity index (χ1v) is 18.3. The Labute approximate surface area is 301 Å². The monoisotopic (exact) mass is 681 g/mol. The number of hydrogen-bond acceptors (Lipinski definition) is 3. The second-order valence-electron chi connectivity index (χ2n) is 13.6. The zero-order valence-electron chi connectivity index (χ0n) is 27.7. The van der Waals surface area contributed by atoms with Crippen LogP contribution in [0.1, 0.15) is 0 Å². The Morgan fingerprint density at radius 3 is 1.69 bits per heavy atom. The molecule has 0 aliphatic rings. The van der Waals surface area contributed by atoms with Crippen LogP contribution in [0.25, 0.3) is 108 Å². The number of thiophene rings is 1. The van der Waals surface area contributed by atoms with E-state index in [1.54, 1.807) is 11.3 Å². The van der Waals surface area contributed by atoms with Crippen molar-refractivity contribution in [2.45, 2.75) is 0 Å². The van der Waals surface area contributed by atoms with Crippen LogP contribution in [0.15, 0.2) is 168 Å². The molecule has 0 aliphatic heterocycles. The lowest BCUT2D eigenvalue weighted by Gasteiger charge is -2.10. The van der Waals surface area contributed by atoms with E-state index < -0.39 is 0 Å². The summed E-state index contributed by atoms with van der Waals surface area (Å²) < 4.78 is 13.4. The fourth-order valence-corrected chi connectivity index (χ4v) is 9.48. The van der Waals surface area contributed by atoms with Crippen molar-refractivity contribution in [2.24, 2.45) is 0 Å². The molecule has 0 saturated carbocycles. The molecule has 0 amide bonds. The highest BCUT2D eigenvalue weighted by atomic mass is 32.1. The van der Waals surface area contributed by atoms with Crippen molar-refractivity contribution in [3.63, 3.8) is 0 Å². The normalized spacial score (nSPS) is 12.2. The maximum absolute atomic E-state index is 6.16. The molecule has 0 fully saturated rings. The number of rotatable bonds is 3. The molecule has 0 unspecified atom stereocenters. The summed E-state index contributed by atoms with van der Waals surface area (Å²) in [5.74, 6) is 0. The van der Waals surface area contributed by atoms with Crippen LogP contribution >= 0.6 is 11.3 Å². The van der Waals surface area contributed by atoms with Gasteiger partial charge in [0.2, 0.25) is 0 Å². The summed E-state index contributed by atoms with van der Waals surface area (Å²) in [6.07, 6.45) is 1.89. The van der Waals surface area contributed by atoms with Crippen LogP contribution in [0.3, 0.4) is 0 Å². The Morgan fingerprint density at radius 2 is 0.981 bits per heavy atom. The standard InChI is InChI=1S/C47H27N3OS/c1-4-11-39-32(8-1)35-24-28(15-19-41(35)49(39)30-17-21-44-37(26-30)34-10-3-6-13-43(34)51-44)29-16-20-42-36(25-29)33-9-2-5-12-40(33)50(42)31-18-22-45-38(27-31)47-46(52-45)14-7-23-48-47/h1-27H. The van der Waals surface area contributed by atoms with Gasteiger partial charge in [-0.05, 0) is 102 Å². The predicted molar refractivity (Wildman–Crippen MR) is 219 cm³/mol. The molecule has 5 heterocycles. The predicted octanol–water partition coefficient (Wildman–Crippen LogP) is 13.2. The van der Waals surface area contributed by atoms with E-state index in [1.807, 2.05) is 24.4 Å². The van der Waals surface area contributed by atoms with Gasteiger partial charge in [0, 0.05) is 60.0 Å². The zero-order valence-corrected chi connectivity index (χ0v) is 28.6. The van der Waals surface area contributed by atoms with Crippen LogP contribution in [0.4, 0.5) is 0 Å². The lowest BCUT2D eigenvalue weighted by Crippen LogP contribution is -1.94. The highest BCUT2D eigenvalue weighted by molar-refractivity contribution is 7.25. The lowest BCUT2D eigenvalue weighted by molar-refractivity contribution is 0.669. The molecule has 4 nitrogen and oxygen atoms in total. The van der Waals surface area contributed by atoms with Crippen LogP contribution in [-0.2, 0) is 0 Å². The third-order valence-corrected chi connectivity index (χ3v) is 11.9. The van der Waals surface area contributed by atoms with Gasteiger partial charge in [-0.3, -0.25) is 4.98 Å². The molecule has 0 atom stereocenters. The first-order valence-electron chi connectivity index (χ1n) is 17.5. The first-order chi connectivity index (χ1) is 25.8. The minimum absolute atomic E-state index is 0.905. The smallest absolute Gasteiger partial charge is 0.135 e. The molecule has 0 N–H and O–H groups in total. The lowest BCUT2D eigenvalue weighted by atomic mass is 10.0. The highest BCUT2D eigenvalue weighted by Gasteiger charge is 2.18. The summed E-state index contributed by atoms with van der Waals surface area (Å²) in [5, 5.41) is 8.42. The van der Waals surface area contributed by atoms with E-state index in [4.69, 9.17) is 9.40 Å². The van der Waals surface area contributed by atoms with Crippen molar-refractivity contribution in [2.75, 3.05) is 0 Å². The number of nitrogens with zero attached hydrogens (tertiary/aromatic N) is 3. The molecule has 0 radical (unpaired) electrons. The Balaban J connectivity index is 1.03. The quantitative estimate of drug-likeness (QED) is 0.186. The van der Waals surface area contributed by atoms with Crippen molar-refractivity contribution < 1.29 is 4.42 Å². The molecule has 52 heavy (non-hydrogen) atoms. The number of aromatic nitrogens is 3. The molecular formula is C47H27N3OS. The van der Waals surface area contributed by atoms with Crippen LogP contribution in [-0.4, -0.2) is 14.1 Å². The third-order valence-electron chi connectivity index (χ3n) is 10.8. The molecule has 5 aromatic heterocycles. The molecule has 0 saturated heterocycles. The van der Waals surface area contributed by atoms with Crippen molar-refractivity contribution in [3.05, 3.63) is 164 Å². The van der Waals surface area contributed by atoms with Gasteiger partial charge >= 0.3 is 0 Å². The van der Waals surface area contributed by atoms with Crippen molar-refractivity contribution >= 4 is 97.2 Å². The van der Waals surface area contributed by atoms with E-state index in [0.29, 0.717) is 0 Å². The number of benzene rings is 7. The fraction of sp³-hybridized carbons (Fsp3) is 0. The van der Waals surface area contributed by atoms with Gasteiger partial charge in [0.1, 0.15) is 11.2 Å². The minimum atomic E-state index is 0.905. The van der Waals surface area contributed by atoms with Crippen LogP contribution in [0.5, 0.6) is 0 Å². The van der Waals surface area contributed by atoms with E-state index in [9.17, 15) is 0 Å². The molecule has 0 spiro atoms. The van der Waals surface area contributed by atoms with E-state index in [2.05, 4.69) is 149 Å². The molecular weight excluding hydrogens is 655 g/mol. The Hall–Kier alpha value is -6.69. The molecule has 12 aromatic rings. The minimum Gasteiger partial charge on any atom is -0.456 e. The van der Waals surface area contributed by atoms with Gasteiger partial charge in [-0.25, -0.2) is 0 Å². The summed E-state index contributed by atoms with van der Waals surface area (Å²) in [6, 6.07) is 57.1. The maximum Gasteiger partial charge on any atom is 0.135 e. The van der Waals surface area contributed by atoms with E-state index in [-0.39, 0.29) is 0 Å². The summed E-state index contributed by atoms with van der Waals surface area (Å²) in [7, 11) is 0. The summed E-state index contributed by atoms with van der Waals surface area (Å²) >= 11 is 1.80. The zero-order chi connectivity index (χ0) is 33.9. The number of hydrogen-bond donors (Lipinski definition) is 0. The van der Waals surface area contributed by atoms with Gasteiger partial charge in [0.25, 0.3) is 0 Å². The number of furan rings is 1. The first kappa shape index (κ1) is 28.1. The van der Waals surface area contributed by atoms with E-state index in [1.165, 1.54) is 69.5 Å². The Bertz CT molecular complexity index is 3200. The second kappa shape index (κ2) is 10.4. The number of para-hydroxylation sites is 3. The van der Waals surface area contributed by atoms with E-state index >= 15 is 0 Å². The van der Waals surface area contributed by atoms with Gasteiger partial charge in [-0.15, -0.1) is 11.3 Å². The Kier molecular flexibility index (Phi) is 5.62. The maximum atomic E-state index is 6.16. The van der Waals surface area contributed by atoms with Crippen LogP contribution in [0, 0.1) is 0 Å². The highest BCUT2D eigenvalue weighted by Crippen LogP contribution is 2.40. The molecule has 0 bridgehead atoms. The molecule has 5 heteroatoms. The molecule has 0 aliphatic carbocycles. The van der Waals surface area contributed by atoms with Gasteiger partial charge < -0.3 is 13.6 Å². The van der Waals surface area contributed by atoms with Gasteiger partial charge in [-0.1, -0.05) is 66.7 Å². The van der Waals surface area contributed by atoms with Gasteiger partial charge in [-0.2, -0.15) is 0 Å². The van der Waals surface area contributed by atoms with E-state index in [0.717, 1.165) is 38.8 Å². The summed E-state index contributed by atoms with van der Waals surface area (Å²) in [4.78, 5) is 4.74. The molecule has 7 aromatic carbocycles. The van der Waals surface area contributed by atoms with Gasteiger partial charge in [0.15, 0.2) is 0 Å². The fourth-order valence-electron chi connectivity index (χ4n) is 8.44. The van der Waals surface area contributed by atoms with Gasteiger partial charge in [0.05, 0.1) is 32.3 Å². The number of pyridine rings is 1. The molecule has 12 rings (SSSR count). The largest absolute Gasteiger partial charge is 0.456 e. The Morgan fingerprint density at radius 1 is 0.404 bits per heavy atom. The summed E-state index contributed by atoms with van der Waals surface area (Å²) in [5.41, 5.74) is 12.3.